The number of allylic oxidation sites excluding steroid dienone is 3. The Morgan fingerprint density at radius 2 is 0.944 bits per heavy atom. The van der Waals surface area contributed by atoms with Crippen LogP contribution in [0.25, 0.3) is 0 Å². The van der Waals surface area contributed by atoms with Gasteiger partial charge in [0.1, 0.15) is 0 Å². The smallest absolute Gasteiger partial charge is 0.0465 e. The third-order valence-electron chi connectivity index (χ3n) is 1.28. The summed E-state index contributed by atoms with van der Waals surface area (Å²) < 4.78 is 5.31. The van der Waals surface area contributed by atoms with E-state index in [2.05, 4.69) is 33.6 Å². The van der Waals surface area contributed by atoms with Crippen LogP contribution < -0.4 is 0 Å². The van der Waals surface area contributed by atoms with E-state index in [1.165, 1.54) is 25.7 Å². The fourth-order valence-corrected chi connectivity index (χ4v) is 0.595. The van der Waals surface area contributed by atoms with Crippen molar-refractivity contribution in [3.8, 4) is 0 Å². The lowest BCUT2D eigenvalue weighted by atomic mass is 10.3. The summed E-state index contributed by atoms with van der Waals surface area (Å²) >= 11 is 0. The summed E-state index contributed by atoms with van der Waals surface area (Å²) in [7, 11) is 0. The third kappa shape index (κ3) is 114. The molecule has 1 nitrogen and oxygen atoms in total. The Balaban J connectivity index is -0.0000000902. The van der Waals surface area contributed by atoms with Crippen molar-refractivity contribution in [2.24, 2.45) is 0 Å². The Morgan fingerprint density at radius 3 is 1.11 bits per heavy atom. The second kappa shape index (κ2) is 44.2. The highest BCUT2D eigenvalue weighted by atomic mass is 16.5. The second-order valence-corrected chi connectivity index (χ2v) is 3.54. The lowest BCUT2D eigenvalue weighted by Gasteiger charge is -1.99. The van der Waals surface area contributed by atoms with Gasteiger partial charge in [0.25, 0.3) is 0 Å². The minimum Gasteiger partial charge on any atom is -0.381 e. The summed E-state index contributed by atoms with van der Waals surface area (Å²) in [6, 6.07) is 0. The Morgan fingerprint density at radius 1 is 0.722 bits per heavy atom. The molecule has 0 aliphatic heterocycles. The van der Waals surface area contributed by atoms with E-state index in [1.807, 2.05) is 20.8 Å². The molecular formula is C17H36O. The molecule has 0 unspecified atom stereocenters. The molecule has 0 aromatic carbocycles. The highest BCUT2D eigenvalue weighted by Gasteiger charge is 1.84. The van der Waals surface area contributed by atoms with Gasteiger partial charge in [-0.1, -0.05) is 44.9 Å². The van der Waals surface area contributed by atoms with Crippen LogP contribution in [0, 0.1) is 0 Å². The fraction of sp³-hybridized carbons (Fsp3) is 0.647. The van der Waals surface area contributed by atoms with Gasteiger partial charge in [0, 0.05) is 13.2 Å². The van der Waals surface area contributed by atoms with Gasteiger partial charge in [-0.2, -0.15) is 0 Å². The molecule has 0 fully saturated rings. The summed E-state index contributed by atoms with van der Waals surface area (Å²) in [6.07, 6.45) is 10.2. The minimum absolute atomic E-state index is 0.955. The molecule has 0 aromatic heterocycles. The third-order valence-corrected chi connectivity index (χ3v) is 1.28. The maximum atomic E-state index is 5.31. The van der Waals surface area contributed by atoms with Gasteiger partial charge in [-0.3, -0.25) is 0 Å². The van der Waals surface area contributed by atoms with Crippen LogP contribution in [-0.2, 0) is 4.74 Å². The highest BCUT2D eigenvalue weighted by Crippen LogP contribution is 1.91. The van der Waals surface area contributed by atoms with Crippen LogP contribution in [0.2, 0.25) is 0 Å². The molecule has 0 saturated carbocycles. The Hall–Kier alpha value is -0.820. The predicted molar refractivity (Wildman–Crippen MR) is 88.2 cm³/mol. The minimum atomic E-state index is 0.955. The van der Waals surface area contributed by atoms with Crippen molar-refractivity contribution in [3.63, 3.8) is 0 Å². The lowest BCUT2D eigenvalue weighted by Crippen LogP contribution is -1.95. The molecule has 0 saturated heterocycles. The molecule has 0 amide bonds. The lowest BCUT2D eigenvalue weighted by molar-refractivity contribution is 0.128. The first-order valence-electron chi connectivity index (χ1n) is 6.95. The van der Waals surface area contributed by atoms with Crippen LogP contribution >= 0.6 is 0 Å². The average Bonchev–Trinajstić information content (AvgIpc) is 2.32. The normalized spacial score (nSPS) is 7.17. The standard InChI is InChI=1S/C8H18O.3C3H6/c1-3-5-7-9-8-6-4-2;3*1-3-2/h3-8H2,1-2H3;3*3H,1H2,2H3. The van der Waals surface area contributed by atoms with Crippen molar-refractivity contribution in [2.45, 2.75) is 60.3 Å². The average molecular weight is 256 g/mol. The topological polar surface area (TPSA) is 9.23 Å². The molecule has 18 heavy (non-hydrogen) atoms. The Bertz CT molecular complexity index is 107. The molecule has 1 heteroatoms. The van der Waals surface area contributed by atoms with Crippen molar-refractivity contribution in [1.82, 2.24) is 0 Å². The number of hydrogen-bond donors (Lipinski definition) is 0. The molecule has 0 spiro atoms. The monoisotopic (exact) mass is 256 g/mol. The molecule has 0 aromatic rings. The van der Waals surface area contributed by atoms with Crippen molar-refractivity contribution < 1.29 is 4.74 Å². The Labute approximate surface area is 117 Å². The van der Waals surface area contributed by atoms with Gasteiger partial charge in [-0.05, 0) is 33.6 Å². The molecule has 110 valence electrons. The number of hydrogen-bond acceptors (Lipinski definition) is 1. The molecule has 0 N–H and O–H groups in total. The van der Waals surface area contributed by atoms with Crippen LogP contribution in [-0.4, -0.2) is 13.2 Å². The Kier molecular flexibility index (Phi) is 63.6. The quantitative estimate of drug-likeness (QED) is 0.407. The number of rotatable bonds is 6. The summed E-state index contributed by atoms with van der Waals surface area (Å²) in [4.78, 5) is 0. The first-order chi connectivity index (χ1) is 8.66. The van der Waals surface area contributed by atoms with E-state index >= 15 is 0 Å². The summed E-state index contributed by atoms with van der Waals surface area (Å²) in [5, 5.41) is 0. The van der Waals surface area contributed by atoms with Crippen molar-refractivity contribution >= 4 is 0 Å². The van der Waals surface area contributed by atoms with Crippen molar-refractivity contribution in [2.75, 3.05) is 13.2 Å². The molecule has 0 bridgehead atoms. The van der Waals surface area contributed by atoms with E-state index < -0.39 is 0 Å². The van der Waals surface area contributed by atoms with Crippen molar-refractivity contribution in [3.05, 3.63) is 38.0 Å². The first-order valence-corrected chi connectivity index (χ1v) is 6.95. The summed E-state index contributed by atoms with van der Waals surface area (Å²) in [5.41, 5.74) is 0. The maximum absolute atomic E-state index is 5.31. The van der Waals surface area contributed by atoms with Gasteiger partial charge in [-0.15, -0.1) is 19.7 Å². The molecule has 0 rings (SSSR count). The zero-order valence-corrected chi connectivity index (χ0v) is 13.5. The predicted octanol–water partition coefficient (Wildman–Crippen LogP) is 6.18. The van der Waals surface area contributed by atoms with Gasteiger partial charge in [-0.25, -0.2) is 0 Å². The largest absolute Gasteiger partial charge is 0.381 e. The summed E-state index contributed by atoms with van der Waals surface area (Å²) in [5.74, 6) is 0. The zero-order chi connectivity index (χ0) is 15.1. The van der Waals surface area contributed by atoms with Gasteiger partial charge in [0.05, 0.1) is 0 Å². The molecule has 0 radical (unpaired) electrons. The van der Waals surface area contributed by atoms with E-state index in [4.69, 9.17) is 4.74 Å². The van der Waals surface area contributed by atoms with Crippen LogP contribution in [0.3, 0.4) is 0 Å². The van der Waals surface area contributed by atoms with E-state index in [0.717, 1.165) is 13.2 Å². The molecule has 0 aliphatic carbocycles. The number of unbranched alkanes of at least 4 members (excludes halogenated alkanes) is 2. The first kappa shape index (κ1) is 25.9. The van der Waals surface area contributed by atoms with Crippen molar-refractivity contribution in [1.29, 1.82) is 0 Å². The maximum Gasteiger partial charge on any atom is 0.0465 e. The summed E-state index contributed by atoms with van der Waals surface area (Å²) in [6.45, 7) is 22.0. The van der Waals surface area contributed by atoms with E-state index in [1.54, 1.807) is 18.2 Å². The van der Waals surface area contributed by atoms with Crippen LogP contribution in [0.15, 0.2) is 38.0 Å². The molecule has 0 aliphatic rings. The van der Waals surface area contributed by atoms with Crippen LogP contribution in [0.4, 0.5) is 0 Å². The molecule has 0 heterocycles. The van der Waals surface area contributed by atoms with Gasteiger partial charge in [0.15, 0.2) is 0 Å². The highest BCUT2D eigenvalue weighted by molar-refractivity contribution is 4.52. The number of ether oxygens (including phenoxy) is 1. The molecular weight excluding hydrogens is 220 g/mol. The van der Waals surface area contributed by atoms with Gasteiger partial charge >= 0.3 is 0 Å². The van der Waals surface area contributed by atoms with Gasteiger partial charge < -0.3 is 4.74 Å². The van der Waals surface area contributed by atoms with Crippen LogP contribution in [0.1, 0.15) is 60.3 Å². The SMILES string of the molecule is C=CC.C=CC.C=CC.CCCCOCCCC. The van der Waals surface area contributed by atoms with Gasteiger partial charge in [0.2, 0.25) is 0 Å². The zero-order valence-electron chi connectivity index (χ0n) is 13.5. The van der Waals surface area contributed by atoms with Crippen LogP contribution in [0.5, 0.6) is 0 Å². The van der Waals surface area contributed by atoms with E-state index in [9.17, 15) is 0 Å². The van der Waals surface area contributed by atoms with E-state index in [0.29, 0.717) is 0 Å². The van der Waals surface area contributed by atoms with E-state index in [-0.39, 0.29) is 0 Å². The second-order valence-electron chi connectivity index (χ2n) is 3.54. The molecule has 0 atom stereocenters. The fourth-order valence-electron chi connectivity index (χ4n) is 0.595.